The molecule has 1 fully saturated rings. The van der Waals surface area contributed by atoms with E-state index in [1.807, 2.05) is 6.20 Å². The first-order valence-electron chi connectivity index (χ1n) is 8.60. The number of nitrogens with two attached hydrogens (primary N) is 1. The second-order valence-corrected chi connectivity index (χ2v) is 7.92. The lowest BCUT2D eigenvalue weighted by Crippen LogP contribution is -2.31. The highest BCUT2D eigenvalue weighted by molar-refractivity contribution is 5.27. The SMILES string of the molecule is CCC1CCCC(c2ncc3c(n2)CC(C)(C)CC3N)C1. The molecular weight excluding hydrogens is 258 g/mol. The van der Waals surface area contributed by atoms with Crippen LogP contribution >= 0.6 is 0 Å². The van der Waals surface area contributed by atoms with E-state index in [0.29, 0.717) is 5.92 Å². The molecule has 1 aromatic heterocycles. The summed E-state index contributed by atoms with van der Waals surface area (Å²) in [6.45, 7) is 6.90. The van der Waals surface area contributed by atoms with Gasteiger partial charge in [0.15, 0.2) is 0 Å². The van der Waals surface area contributed by atoms with E-state index in [4.69, 9.17) is 15.7 Å². The molecule has 0 amide bonds. The van der Waals surface area contributed by atoms with E-state index < -0.39 is 0 Å². The van der Waals surface area contributed by atoms with Gasteiger partial charge in [0.2, 0.25) is 0 Å². The lowest BCUT2D eigenvalue weighted by atomic mass is 9.74. The van der Waals surface area contributed by atoms with E-state index in [2.05, 4.69) is 20.8 Å². The maximum absolute atomic E-state index is 6.31. The van der Waals surface area contributed by atoms with Crippen molar-refractivity contribution in [3.63, 3.8) is 0 Å². The number of rotatable bonds is 2. The van der Waals surface area contributed by atoms with E-state index in [1.165, 1.54) is 43.4 Å². The summed E-state index contributed by atoms with van der Waals surface area (Å²) in [7, 11) is 0. The molecule has 0 spiro atoms. The summed E-state index contributed by atoms with van der Waals surface area (Å²) >= 11 is 0. The molecule has 1 heterocycles. The average Bonchev–Trinajstić information content (AvgIpc) is 2.45. The predicted molar refractivity (Wildman–Crippen MR) is 86.1 cm³/mol. The normalized spacial score (nSPS) is 31.7. The molecule has 3 heteroatoms. The quantitative estimate of drug-likeness (QED) is 0.889. The van der Waals surface area contributed by atoms with Crippen LogP contribution in [0.5, 0.6) is 0 Å². The molecule has 0 aliphatic heterocycles. The third-order valence-electron chi connectivity index (χ3n) is 5.46. The van der Waals surface area contributed by atoms with Crippen molar-refractivity contribution in [2.75, 3.05) is 0 Å². The summed E-state index contributed by atoms with van der Waals surface area (Å²) in [4.78, 5) is 9.65. The van der Waals surface area contributed by atoms with Crippen molar-refractivity contribution < 1.29 is 0 Å². The fourth-order valence-electron chi connectivity index (χ4n) is 4.22. The Kier molecular flexibility index (Phi) is 4.04. The predicted octanol–water partition coefficient (Wildman–Crippen LogP) is 4.13. The van der Waals surface area contributed by atoms with Gasteiger partial charge in [-0.05, 0) is 37.0 Å². The number of hydrogen-bond acceptors (Lipinski definition) is 3. The highest BCUT2D eigenvalue weighted by atomic mass is 14.9. The molecule has 3 atom stereocenters. The first-order valence-corrected chi connectivity index (χ1v) is 8.60. The smallest absolute Gasteiger partial charge is 0.131 e. The van der Waals surface area contributed by atoms with Crippen molar-refractivity contribution in [1.82, 2.24) is 9.97 Å². The minimum Gasteiger partial charge on any atom is -0.324 e. The number of hydrogen-bond donors (Lipinski definition) is 1. The summed E-state index contributed by atoms with van der Waals surface area (Å²) in [5.74, 6) is 2.51. The molecule has 0 radical (unpaired) electrons. The fraction of sp³-hybridized carbons (Fsp3) is 0.778. The topological polar surface area (TPSA) is 51.8 Å². The van der Waals surface area contributed by atoms with Crippen LogP contribution in [0, 0.1) is 11.3 Å². The van der Waals surface area contributed by atoms with Gasteiger partial charge in [0, 0.05) is 29.4 Å². The molecule has 1 saturated carbocycles. The summed E-state index contributed by atoms with van der Waals surface area (Å²) in [6, 6.07) is 0.104. The molecule has 2 N–H and O–H groups in total. The third kappa shape index (κ3) is 3.13. The fourth-order valence-corrected chi connectivity index (χ4v) is 4.22. The minimum absolute atomic E-state index is 0.104. The van der Waals surface area contributed by atoms with Gasteiger partial charge in [-0.3, -0.25) is 0 Å². The second kappa shape index (κ2) is 5.68. The van der Waals surface area contributed by atoms with Crippen LogP contribution in [0.4, 0.5) is 0 Å². The summed E-state index contributed by atoms with van der Waals surface area (Å²) in [6.07, 6.45) is 10.6. The Morgan fingerprint density at radius 1 is 1.33 bits per heavy atom. The second-order valence-electron chi connectivity index (χ2n) is 7.92. The van der Waals surface area contributed by atoms with Crippen molar-refractivity contribution in [1.29, 1.82) is 0 Å². The van der Waals surface area contributed by atoms with Crippen molar-refractivity contribution in [2.24, 2.45) is 17.1 Å². The van der Waals surface area contributed by atoms with Gasteiger partial charge in [0.05, 0.1) is 0 Å². The van der Waals surface area contributed by atoms with E-state index >= 15 is 0 Å². The van der Waals surface area contributed by atoms with Crippen LogP contribution in [0.1, 0.15) is 88.3 Å². The monoisotopic (exact) mass is 287 g/mol. The van der Waals surface area contributed by atoms with Crippen LogP contribution < -0.4 is 5.73 Å². The minimum atomic E-state index is 0.104. The molecular formula is C18H29N3. The molecule has 0 aromatic carbocycles. The first kappa shape index (κ1) is 15.0. The van der Waals surface area contributed by atoms with E-state index in [1.54, 1.807) is 0 Å². The molecule has 116 valence electrons. The van der Waals surface area contributed by atoms with Crippen LogP contribution in [0.15, 0.2) is 6.20 Å². The third-order valence-corrected chi connectivity index (χ3v) is 5.46. The van der Waals surface area contributed by atoms with Crippen molar-refractivity contribution in [3.8, 4) is 0 Å². The van der Waals surface area contributed by atoms with Crippen molar-refractivity contribution >= 4 is 0 Å². The summed E-state index contributed by atoms with van der Waals surface area (Å²) < 4.78 is 0. The maximum atomic E-state index is 6.31. The Morgan fingerprint density at radius 2 is 2.14 bits per heavy atom. The van der Waals surface area contributed by atoms with Gasteiger partial charge in [0.1, 0.15) is 5.82 Å². The molecule has 2 aliphatic carbocycles. The highest BCUT2D eigenvalue weighted by Crippen LogP contribution is 2.40. The number of nitrogens with zero attached hydrogens (tertiary/aromatic N) is 2. The molecule has 0 saturated heterocycles. The molecule has 3 nitrogen and oxygen atoms in total. The van der Waals surface area contributed by atoms with Crippen molar-refractivity contribution in [3.05, 3.63) is 23.3 Å². The molecule has 2 aliphatic rings. The Bertz CT molecular complexity index is 509. The van der Waals surface area contributed by atoms with Crippen LogP contribution in [-0.2, 0) is 6.42 Å². The number of aromatic nitrogens is 2. The Hall–Kier alpha value is -0.960. The Labute approximate surface area is 128 Å². The van der Waals surface area contributed by atoms with Crippen LogP contribution in [-0.4, -0.2) is 9.97 Å². The molecule has 3 unspecified atom stereocenters. The zero-order chi connectivity index (χ0) is 15.0. The maximum Gasteiger partial charge on any atom is 0.131 e. The standard InChI is InChI=1S/C18H29N3/c1-4-12-6-5-7-13(8-12)17-20-11-14-15(19)9-18(2,3)10-16(14)21-17/h11-13,15H,4-10,19H2,1-3H3. The van der Waals surface area contributed by atoms with Crippen molar-refractivity contribution in [2.45, 2.75) is 77.7 Å². The largest absolute Gasteiger partial charge is 0.324 e. The summed E-state index contributed by atoms with van der Waals surface area (Å²) in [5.41, 5.74) is 8.97. The van der Waals surface area contributed by atoms with E-state index in [9.17, 15) is 0 Å². The average molecular weight is 287 g/mol. The van der Waals surface area contributed by atoms with Gasteiger partial charge < -0.3 is 5.73 Å². The zero-order valence-corrected chi connectivity index (χ0v) is 13.7. The number of fused-ring (bicyclic) bond motifs is 1. The molecule has 0 bridgehead atoms. The van der Waals surface area contributed by atoms with E-state index in [0.717, 1.165) is 24.6 Å². The van der Waals surface area contributed by atoms with Gasteiger partial charge in [0.25, 0.3) is 0 Å². The van der Waals surface area contributed by atoms with Gasteiger partial charge in [-0.1, -0.05) is 40.0 Å². The van der Waals surface area contributed by atoms with Crippen LogP contribution in [0.2, 0.25) is 0 Å². The first-order chi connectivity index (χ1) is 9.98. The van der Waals surface area contributed by atoms with Gasteiger partial charge in [-0.25, -0.2) is 9.97 Å². The lowest BCUT2D eigenvalue weighted by Gasteiger charge is -2.35. The highest BCUT2D eigenvalue weighted by Gasteiger charge is 2.33. The van der Waals surface area contributed by atoms with Crippen LogP contribution in [0.25, 0.3) is 0 Å². The Morgan fingerprint density at radius 3 is 2.90 bits per heavy atom. The van der Waals surface area contributed by atoms with E-state index in [-0.39, 0.29) is 11.5 Å². The zero-order valence-electron chi connectivity index (χ0n) is 13.7. The summed E-state index contributed by atoms with van der Waals surface area (Å²) in [5, 5.41) is 0. The molecule has 21 heavy (non-hydrogen) atoms. The Balaban J connectivity index is 1.85. The van der Waals surface area contributed by atoms with Gasteiger partial charge in [-0.2, -0.15) is 0 Å². The molecule has 3 rings (SSSR count). The van der Waals surface area contributed by atoms with Crippen LogP contribution in [0.3, 0.4) is 0 Å². The lowest BCUT2D eigenvalue weighted by molar-refractivity contribution is 0.274. The van der Waals surface area contributed by atoms with Gasteiger partial charge in [-0.15, -0.1) is 0 Å². The molecule has 1 aromatic rings. The van der Waals surface area contributed by atoms with Gasteiger partial charge >= 0.3 is 0 Å².